The maximum absolute atomic E-state index is 12.8. The summed E-state index contributed by atoms with van der Waals surface area (Å²) < 4.78 is 12.8. The third-order valence-electron chi connectivity index (χ3n) is 1.89. The number of benzene rings is 1. The molecule has 0 radical (unpaired) electrons. The van der Waals surface area contributed by atoms with Crippen LogP contribution in [0.1, 0.15) is 12.5 Å². The third-order valence-corrected chi connectivity index (χ3v) is 1.89. The first-order valence-electron chi connectivity index (χ1n) is 4.26. The molecule has 0 aliphatic carbocycles. The average molecular weight is 207 g/mol. The molecule has 0 fully saturated rings. The van der Waals surface area contributed by atoms with Crippen molar-refractivity contribution in [3.63, 3.8) is 0 Å². The monoisotopic (exact) mass is 207 g/mol. The first kappa shape index (κ1) is 11.1. The van der Waals surface area contributed by atoms with E-state index in [9.17, 15) is 9.18 Å². The van der Waals surface area contributed by atoms with Crippen molar-refractivity contribution in [2.24, 2.45) is 0 Å². The van der Waals surface area contributed by atoms with Gasteiger partial charge in [0.1, 0.15) is 5.82 Å². The normalized spacial score (nSPS) is 11.2. The second-order valence-corrected chi connectivity index (χ2v) is 2.98. The average Bonchev–Trinajstić information content (AvgIpc) is 2.18. The van der Waals surface area contributed by atoms with Gasteiger partial charge in [-0.25, -0.2) is 4.39 Å². The van der Waals surface area contributed by atoms with Crippen molar-refractivity contribution in [1.82, 2.24) is 0 Å². The minimum Gasteiger partial charge on any atom is -0.515 e. The first-order chi connectivity index (χ1) is 7.06. The van der Waals surface area contributed by atoms with Gasteiger partial charge < -0.3 is 5.11 Å². The Labute approximate surface area is 86.4 Å². The molecule has 0 saturated heterocycles. The third kappa shape index (κ3) is 2.49. The summed E-state index contributed by atoms with van der Waals surface area (Å²) in [6.07, 6.45) is 0.565. The summed E-state index contributed by atoms with van der Waals surface area (Å²) in [4.78, 5) is 11.0. The zero-order valence-electron chi connectivity index (χ0n) is 8.12. The SMILES string of the molecule is CC(=O)C(=CO)C(=N)c1cccc(F)c1. The van der Waals surface area contributed by atoms with Gasteiger partial charge >= 0.3 is 0 Å². The summed E-state index contributed by atoms with van der Waals surface area (Å²) >= 11 is 0. The Morgan fingerprint density at radius 2 is 2.20 bits per heavy atom. The lowest BCUT2D eigenvalue weighted by molar-refractivity contribution is -0.113. The zero-order valence-corrected chi connectivity index (χ0v) is 8.12. The molecule has 78 valence electrons. The molecule has 0 aliphatic heterocycles. The van der Waals surface area contributed by atoms with Crippen LogP contribution in [0.15, 0.2) is 36.1 Å². The molecular formula is C11H10FNO2. The molecule has 0 aromatic heterocycles. The maximum atomic E-state index is 12.8. The number of hydrogen-bond acceptors (Lipinski definition) is 3. The standard InChI is InChI=1S/C11H10FNO2/c1-7(15)10(6-14)11(13)8-3-2-4-9(12)5-8/h2-6,13-14H,1H3. The first-order valence-corrected chi connectivity index (χ1v) is 4.26. The van der Waals surface area contributed by atoms with Crippen molar-refractivity contribution < 1.29 is 14.3 Å². The molecule has 0 bridgehead atoms. The number of nitrogens with one attached hydrogen (secondary N) is 1. The van der Waals surface area contributed by atoms with E-state index in [1.807, 2.05) is 0 Å². The Kier molecular flexibility index (Phi) is 3.33. The van der Waals surface area contributed by atoms with Gasteiger partial charge in [0.25, 0.3) is 0 Å². The Hall–Kier alpha value is -1.97. The fourth-order valence-corrected chi connectivity index (χ4v) is 1.13. The van der Waals surface area contributed by atoms with Gasteiger partial charge in [0, 0.05) is 5.56 Å². The molecule has 1 rings (SSSR count). The van der Waals surface area contributed by atoms with Gasteiger partial charge in [0.05, 0.1) is 17.5 Å². The number of rotatable bonds is 3. The van der Waals surface area contributed by atoms with Crippen molar-refractivity contribution in [3.05, 3.63) is 47.5 Å². The summed E-state index contributed by atoms with van der Waals surface area (Å²) in [7, 11) is 0. The minimum atomic E-state index is -0.488. The van der Waals surface area contributed by atoms with Gasteiger partial charge in [-0.2, -0.15) is 0 Å². The summed E-state index contributed by atoms with van der Waals surface area (Å²) in [6, 6.07) is 5.31. The van der Waals surface area contributed by atoms with E-state index in [2.05, 4.69) is 0 Å². The Morgan fingerprint density at radius 3 is 2.67 bits per heavy atom. The molecule has 0 spiro atoms. The van der Waals surface area contributed by atoms with Crippen LogP contribution in [-0.4, -0.2) is 16.6 Å². The van der Waals surface area contributed by atoms with Crippen LogP contribution in [0.25, 0.3) is 0 Å². The molecule has 0 amide bonds. The van der Waals surface area contributed by atoms with Gasteiger partial charge in [0.2, 0.25) is 0 Å². The highest BCUT2D eigenvalue weighted by Crippen LogP contribution is 2.10. The molecule has 4 heteroatoms. The number of hydrogen-bond donors (Lipinski definition) is 2. The van der Waals surface area contributed by atoms with E-state index in [-0.39, 0.29) is 16.8 Å². The van der Waals surface area contributed by atoms with Crippen molar-refractivity contribution in [2.45, 2.75) is 6.92 Å². The van der Waals surface area contributed by atoms with E-state index < -0.39 is 11.6 Å². The van der Waals surface area contributed by atoms with E-state index in [4.69, 9.17) is 10.5 Å². The highest BCUT2D eigenvalue weighted by molar-refractivity contribution is 6.26. The highest BCUT2D eigenvalue weighted by Gasteiger charge is 2.12. The smallest absolute Gasteiger partial charge is 0.165 e. The molecule has 0 atom stereocenters. The number of carbonyl (C=O) groups is 1. The molecule has 0 unspecified atom stereocenters. The van der Waals surface area contributed by atoms with Crippen LogP contribution in [0.3, 0.4) is 0 Å². The van der Waals surface area contributed by atoms with Crippen molar-refractivity contribution in [3.8, 4) is 0 Å². The van der Waals surface area contributed by atoms with Crippen LogP contribution < -0.4 is 0 Å². The van der Waals surface area contributed by atoms with Crippen LogP contribution in [0.4, 0.5) is 4.39 Å². The van der Waals surface area contributed by atoms with Gasteiger partial charge in [0.15, 0.2) is 5.78 Å². The lowest BCUT2D eigenvalue weighted by atomic mass is 10.0. The van der Waals surface area contributed by atoms with Crippen LogP contribution in [0.2, 0.25) is 0 Å². The molecule has 0 saturated carbocycles. The van der Waals surface area contributed by atoms with E-state index in [0.717, 1.165) is 6.07 Å². The van der Waals surface area contributed by atoms with E-state index in [1.165, 1.54) is 25.1 Å². The van der Waals surface area contributed by atoms with Crippen LogP contribution in [0.5, 0.6) is 0 Å². The highest BCUT2D eigenvalue weighted by atomic mass is 19.1. The molecule has 0 heterocycles. The summed E-state index contributed by atoms with van der Waals surface area (Å²) in [6.45, 7) is 1.23. The predicted molar refractivity (Wildman–Crippen MR) is 54.6 cm³/mol. The Bertz CT molecular complexity index is 438. The molecule has 15 heavy (non-hydrogen) atoms. The van der Waals surface area contributed by atoms with Gasteiger partial charge in [-0.05, 0) is 19.1 Å². The summed E-state index contributed by atoms with van der Waals surface area (Å²) in [5.41, 5.74) is -0.0735. The number of aliphatic hydroxyl groups excluding tert-OH is 1. The largest absolute Gasteiger partial charge is 0.515 e. The summed E-state index contributed by atoms with van der Waals surface area (Å²) in [5, 5.41) is 16.4. The van der Waals surface area contributed by atoms with Gasteiger partial charge in [-0.1, -0.05) is 12.1 Å². The summed E-state index contributed by atoms with van der Waals surface area (Å²) in [5.74, 6) is -0.926. The second kappa shape index (κ2) is 4.50. The second-order valence-electron chi connectivity index (χ2n) is 2.98. The predicted octanol–water partition coefficient (Wildman–Crippen LogP) is 2.22. The number of ketones is 1. The fourth-order valence-electron chi connectivity index (χ4n) is 1.13. The Morgan fingerprint density at radius 1 is 1.53 bits per heavy atom. The van der Waals surface area contributed by atoms with Crippen molar-refractivity contribution in [1.29, 1.82) is 5.41 Å². The Balaban J connectivity index is 3.09. The maximum Gasteiger partial charge on any atom is 0.165 e. The van der Waals surface area contributed by atoms with Crippen LogP contribution in [0, 0.1) is 11.2 Å². The zero-order chi connectivity index (χ0) is 11.4. The number of carbonyl (C=O) groups excluding carboxylic acids is 1. The topological polar surface area (TPSA) is 61.1 Å². The fraction of sp³-hybridized carbons (Fsp3) is 0.0909. The number of halogens is 1. The lowest BCUT2D eigenvalue weighted by Crippen LogP contribution is -2.10. The van der Waals surface area contributed by atoms with E-state index >= 15 is 0 Å². The van der Waals surface area contributed by atoms with E-state index in [1.54, 1.807) is 0 Å². The van der Waals surface area contributed by atoms with Crippen LogP contribution in [-0.2, 0) is 4.79 Å². The lowest BCUT2D eigenvalue weighted by Gasteiger charge is -2.04. The molecule has 1 aromatic rings. The van der Waals surface area contributed by atoms with Gasteiger partial charge in [-0.3, -0.25) is 10.2 Å². The minimum absolute atomic E-state index is 0.138. The molecule has 2 N–H and O–H groups in total. The van der Waals surface area contributed by atoms with Gasteiger partial charge in [-0.15, -0.1) is 0 Å². The number of aliphatic hydroxyl groups is 1. The molecular weight excluding hydrogens is 197 g/mol. The van der Waals surface area contributed by atoms with E-state index in [0.29, 0.717) is 6.26 Å². The number of Topliss-reactive ketones (excluding diaryl/α,β-unsaturated/α-hetero) is 1. The molecule has 3 nitrogen and oxygen atoms in total. The number of allylic oxidation sites excluding steroid dienone is 1. The van der Waals surface area contributed by atoms with Crippen LogP contribution >= 0.6 is 0 Å². The molecule has 1 aromatic carbocycles. The van der Waals surface area contributed by atoms with Crippen molar-refractivity contribution in [2.75, 3.05) is 0 Å². The van der Waals surface area contributed by atoms with Crippen molar-refractivity contribution >= 4 is 11.5 Å². The quantitative estimate of drug-likeness (QED) is 0.453. The molecule has 0 aliphatic rings.